The van der Waals surface area contributed by atoms with Gasteiger partial charge in [-0.25, -0.2) is 0 Å². The molecule has 3 aromatic rings. The maximum Gasteiger partial charge on any atom is 0.123 e. The summed E-state index contributed by atoms with van der Waals surface area (Å²) >= 11 is 0. The zero-order chi connectivity index (χ0) is 23.1. The first-order valence-electron chi connectivity index (χ1n) is 11.7. The maximum absolute atomic E-state index is 6.46. The van der Waals surface area contributed by atoms with E-state index < -0.39 is 0 Å². The van der Waals surface area contributed by atoms with Gasteiger partial charge in [0.05, 0.1) is 0 Å². The second-order valence-corrected chi connectivity index (χ2v) is 13.2. The fourth-order valence-electron chi connectivity index (χ4n) is 4.37. The van der Waals surface area contributed by atoms with Crippen molar-refractivity contribution >= 4 is 21.8 Å². The van der Waals surface area contributed by atoms with Gasteiger partial charge >= 0.3 is 0 Å². The Balaban J connectivity index is 2.02. The summed E-state index contributed by atoms with van der Waals surface area (Å²) in [6, 6.07) is 24.1. The number of hydrogen-bond donors (Lipinski definition) is 0. The summed E-state index contributed by atoms with van der Waals surface area (Å²) in [5.41, 5.74) is 6.87. The predicted molar refractivity (Wildman–Crippen MR) is 146 cm³/mol. The average molecular weight is 465 g/mol. The maximum atomic E-state index is 6.46. The van der Waals surface area contributed by atoms with Crippen molar-refractivity contribution in [2.45, 2.75) is 58.5 Å². The Labute approximate surface area is 198 Å². The van der Waals surface area contributed by atoms with Crippen molar-refractivity contribution < 1.29 is 4.74 Å². The lowest BCUT2D eigenvalue weighted by atomic mass is 9.90. The van der Waals surface area contributed by atoms with E-state index in [9.17, 15) is 0 Å². The van der Waals surface area contributed by atoms with Crippen molar-refractivity contribution in [3.8, 4) is 5.75 Å². The smallest absolute Gasteiger partial charge is 0.123 e. The van der Waals surface area contributed by atoms with Gasteiger partial charge in [0, 0.05) is 10.7 Å². The quantitative estimate of drug-likeness (QED) is 0.275. The minimum absolute atomic E-state index is 0.0272. The topological polar surface area (TPSA) is 9.23 Å². The molecule has 3 aromatic carbocycles. The molecule has 0 heterocycles. The summed E-state index contributed by atoms with van der Waals surface area (Å²) in [7, 11) is 0.762. The van der Waals surface area contributed by atoms with E-state index in [1.54, 1.807) is 10.9 Å². The fraction of sp³-hybridized carbons (Fsp3) is 0.379. The molecule has 0 fully saturated rings. The highest BCUT2D eigenvalue weighted by Gasteiger charge is 2.33. The largest absolute Gasteiger partial charge is 0.489 e. The van der Waals surface area contributed by atoms with Crippen molar-refractivity contribution in [2.75, 3.05) is 13.3 Å². The van der Waals surface area contributed by atoms with Crippen LogP contribution in [0.3, 0.4) is 0 Å². The lowest BCUT2D eigenvalue weighted by Crippen LogP contribution is -2.25. The molecule has 1 unspecified atom stereocenters. The van der Waals surface area contributed by atoms with Crippen LogP contribution in [0.1, 0.15) is 54.5 Å². The second kappa shape index (κ2) is 11.4. The molecule has 0 aliphatic carbocycles. The Morgan fingerprint density at radius 2 is 1.59 bits per heavy atom. The highest BCUT2D eigenvalue weighted by Crippen LogP contribution is 2.51. The molecule has 0 aliphatic heterocycles. The molecule has 0 amide bonds. The normalized spacial score (nSPS) is 12.1. The minimum atomic E-state index is 0.0272. The van der Waals surface area contributed by atoms with Crippen LogP contribution in [0.5, 0.6) is 5.75 Å². The van der Waals surface area contributed by atoms with Crippen LogP contribution in [0.4, 0.5) is 0 Å². The van der Waals surface area contributed by atoms with E-state index in [0.717, 1.165) is 27.2 Å². The molecular weight excluding hydrogens is 426 g/mol. The van der Waals surface area contributed by atoms with Gasteiger partial charge in [0.1, 0.15) is 12.4 Å². The molecular formula is C29H38OP2. The van der Waals surface area contributed by atoms with E-state index >= 15 is 0 Å². The second-order valence-electron chi connectivity index (χ2n) is 9.03. The predicted octanol–water partition coefficient (Wildman–Crippen LogP) is 8.14. The van der Waals surface area contributed by atoms with Crippen molar-refractivity contribution in [3.05, 3.63) is 94.5 Å². The molecule has 0 spiro atoms. The molecule has 0 saturated carbocycles. The van der Waals surface area contributed by atoms with Gasteiger partial charge in [0.25, 0.3) is 0 Å². The number of benzene rings is 3. The van der Waals surface area contributed by atoms with Gasteiger partial charge in [-0.05, 0) is 74.2 Å². The van der Waals surface area contributed by atoms with E-state index in [-0.39, 0.29) is 13.1 Å². The third-order valence-corrected chi connectivity index (χ3v) is 9.70. The Hall–Kier alpha value is -1.68. The minimum Gasteiger partial charge on any atom is -0.489 e. The fourth-order valence-corrected chi connectivity index (χ4v) is 7.24. The van der Waals surface area contributed by atoms with E-state index in [1.165, 1.54) is 28.4 Å². The molecule has 0 radical (unpaired) electrons. The molecule has 3 heteroatoms. The van der Waals surface area contributed by atoms with Gasteiger partial charge in [0.2, 0.25) is 0 Å². The van der Waals surface area contributed by atoms with Crippen molar-refractivity contribution in [2.24, 2.45) is 0 Å². The number of rotatable bonds is 10. The van der Waals surface area contributed by atoms with Gasteiger partial charge in [-0.15, -0.1) is 7.92 Å². The van der Waals surface area contributed by atoms with Crippen molar-refractivity contribution in [1.29, 1.82) is 0 Å². The molecule has 0 saturated heterocycles. The molecule has 1 atom stereocenters. The van der Waals surface area contributed by atoms with E-state index in [2.05, 4.69) is 108 Å². The summed E-state index contributed by atoms with van der Waals surface area (Å²) in [5, 5.41) is 1.66. The first-order valence-corrected chi connectivity index (χ1v) is 15.1. The van der Waals surface area contributed by atoms with Crippen LogP contribution in [0, 0.1) is 13.8 Å². The lowest BCUT2D eigenvalue weighted by Gasteiger charge is -2.36. The summed E-state index contributed by atoms with van der Waals surface area (Å²) in [5.74, 6) is 1.04. The third kappa shape index (κ3) is 6.01. The average Bonchev–Trinajstić information content (AvgIpc) is 2.79. The van der Waals surface area contributed by atoms with E-state index in [0.29, 0.717) is 6.61 Å². The summed E-state index contributed by atoms with van der Waals surface area (Å²) in [6.07, 6.45) is 3.41. The van der Waals surface area contributed by atoms with Crippen LogP contribution in [0.25, 0.3) is 0 Å². The molecule has 0 N–H and O–H groups in total. The number of hydrogen-bond acceptors (Lipinski definition) is 1. The first kappa shape index (κ1) is 25.0. The van der Waals surface area contributed by atoms with Crippen LogP contribution in [-0.2, 0) is 17.9 Å². The molecule has 0 bridgehead atoms. The first-order chi connectivity index (χ1) is 15.4. The van der Waals surface area contributed by atoms with Crippen LogP contribution in [-0.4, -0.2) is 13.3 Å². The summed E-state index contributed by atoms with van der Waals surface area (Å²) in [6.45, 7) is 14.6. The number of ether oxygens (including phenoxy) is 1. The monoisotopic (exact) mass is 464 g/mol. The zero-order valence-corrected chi connectivity index (χ0v) is 22.4. The van der Waals surface area contributed by atoms with Gasteiger partial charge in [-0.3, -0.25) is 0 Å². The van der Waals surface area contributed by atoms with Crippen molar-refractivity contribution in [3.63, 3.8) is 0 Å². The van der Waals surface area contributed by atoms with Crippen LogP contribution in [0.2, 0.25) is 0 Å². The van der Waals surface area contributed by atoms with Gasteiger partial charge < -0.3 is 4.74 Å². The lowest BCUT2D eigenvalue weighted by molar-refractivity contribution is 0.298. The number of aryl methyl sites for hydroxylation is 2. The highest BCUT2D eigenvalue weighted by atomic mass is 31.1. The summed E-state index contributed by atoms with van der Waals surface area (Å²) in [4.78, 5) is 0. The summed E-state index contributed by atoms with van der Waals surface area (Å²) < 4.78 is 6.46. The van der Waals surface area contributed by atoms with Crippen LogP contribution >= 0.6 is 16.5 Å². The molecule has 1 nitrogen and oxygen atoms in total. The van der Waals surface area contributed by atoms with Crippen LogP contribution in [0.15, 0.2) is 66.7 Å². The van der Waals surface area contributed by atoms with Gasteiger partial charge in [-0.2, -0.15) is 0 Å². The zero-order valence-electron chi connectivity index (χ0n) is 20.5. The Morgan fingerprint density at radius 1 is 0.875 bits per heavy atom. The van der Waals surface area contributed by atoms with Gasteiger partial charge in [-0.1, -0.05) is 88.7 Å². The Bertz CT molecular complexity index is 1010. The van der Waals surface area contributed by atoms with Gasteiger partial charge in [0.15, 0.2) is 0 Å². The SMILES string of the molecule is CCC(CC)(Pc1c(C)cccc1CP(C)C)c1cc(C)ccc1OCc1ccccc1. The molecule has 32 heavy (non-hydrogen) atoms. The molecule has 3 rings (SSSR count). The Kier molecular flexibility index (Phi) is 8.93. The van der Waals surface area contributed by atoms with E-state index in [4.69, 9.17) is 4.74 Å². The van der Waals surface area contributed by atoms with E-state index in [1.807, 2.05) is 0 Å². The molecule has 0 aliphatic rings. The molecule has 170 valence electrons. The standard InChI is InChI=1S/C29H38OP2/c1-7-29(8-2,31-28-23(4)13-12-16-25(28)21-32(5)6)26-19-22(3)17-18-27(26)30-20-24-14-10-9-11-15-24/h9-19,31H,7-8,20-21H2,1-6H3. The van der Waals surface area contributed by atoms with Crippen molar-refractivity contribution in [1.82, 2.24) is 0 Å². The Morgan fingerprint density at radius 3 is 2.25 bits per heavy atom. The van der Waals surface area contributed by atoms with Crippen LogP contribution < -0.4 is 10.0 Å². The molecule has 0 aromatic heterocycles. The third-order valence-electron chi connectivity index (χ3n) is 6.30. The highest BCUT2D eigenvalue weighted by molar-refractivity contribution is 7.55.